The van der Waals surface area contributed by atoms with Crippen LogP contribution in [-0.2, 0) is 10.2 Å². The van der Waals surface area contributed by atoms with Gasteiger partial charge in [-0.2, -0.15) is 8.42 Å². The van der Waals surface area contributed by atoms with Gasteiger partial charge in [-0.1, -0.05) is 0 Å². The van der Waals surface area contributed by atoms with Crippen LogP contribution < -0.4 is 0 Å². The molecule has 0 atom stereocenters. The Hall–Kier alpha value is -0.190. The lowest BCUT2D eigenvalue weighted by molar-refractivity contribution is 0.458. The van der Waals surface area contributed by atoms with Gasteiger partial charge in [-0.05, 0) is 19.3 Å². The summed E-state index contributed by atoms with van der Waals surface area (Å²) in [5.41, 5.74) is 0. The smallest absolute Gasteiger partial charge is 0.251 e. The van der Waals surface area contributed by atoms with Crippen LogP contribution >= 0.6 is 0 Å². The van der Waals surface area contributed by atoms with Crippen molar-refractivity contribution in [2.24, 2.45) is 0 Å². The molecule has 0 bridgehead atoms. The molecule has 0 rings (SSSR count). The minimum atomic E-state index is -4.33. The maximum atomic E-state index is 11.7. The van der Waals surface area contributed by atoms with Crippen LogP contribution in [0.4, 0.5) is 8.28 Å². The molecule has 0 N–H and O–H groups in total. The maximum absolute atomic E-state index is 11.7. The van der Waals surface area contributed by atoms with Gasteiger partial charge in [-0.25, -0.2) is 0 Å². The lowest BCUT2D eigenvalue weighted by Gasteiger charge is -1.92. The van der Waals surface area contributed by atoms with Gasteiger partial charge in [0.25, 0.3) is 0 Å². The minimum absolute atomic E-state index is 0.211. The molecule has 0 heterocycles. The van der Waals surface area contributed by atoms with Gasteiger partial charge in [0, 0.05) is 0 Å². The number of rotatable bonds is 5. The van der Waals surface area contributed by atoms with Crippen molar-refractivity contribution in [1.29, 1.82) is 0 Å². The fourth-order valence-electron chi connectivity index (χ4n) is 0.546. The Morgan fingerprint density at radius 1 is 1.10 bits per heavy atom. The molecule has 0 aromatic heterocycles. The van der Waals surface area contributed by atoms with E-state index in [1.807, 2.05) is 0 Å². The normalized spacial score (nSPS) is 11.8. The van der Waals surface area contributed by atoms with E-state index in [4.69, 9.17) is 0 Å². The van der Waals surface area contributed by atoms with E-state index in [2.05, 4.69) is 0 Å². The molecule has 0 aromatic carbocycles. The molecule has 0 aliphatic heterocycles. The highest BCUT2D eigenvalue weighted by molar-refractivity contribution is 7.86. The van der Waals surface area contributed by atoms with Crippen LogP contribution in [0.2, 0.25) is 0 Å². The van der Waals surface area contributed by atoms with Gasteiger partial charge in [0.05, 0.1) is 12.4 Å². The third kappa shape index (κ3) is 7.81. The summed E-state index contributed by atoms with van der Waals surface area (Å²) in [6.07, 6.45) is 0.956. The fraction of sp³-hybridized carbons (Fsp3) is 1.00. The van der Waals surface area contributed by atoms with E-state index >= 15 is 0 Å². The predicted molar refractivity (Wildman–Crippen MR) is 34.7 cm³/mol. The Labute approximate surface area is 59.5 Å². The largest absolute Gasteiger partial charge is 0.302 e. The summed E-state index contributed by atoms with van der Waals surface area (Å²) < 4.78 is 42.7. The number of unbranched alkanes of at least 4 members (excludes halogenated alkanes) is 2. The first-order chi connectivity index (χ1) is 4.56. The van der Waals surface area contributed by atoms with Crippen LogP contribution in [0.15, 0.2) is 0 Å². The molecule has 0 amide bonds. The minimum Gasteiger partial charge on any atom is -0.251 e. The van der Waals surface area contributed by atoms with Crippen molar-refractivity contribution in [3.63, 3.8) is 0 Å². The Kier molecular flexibility index (Phi) is 4.51. The van der Waals surface area contributed by atoms with Gasteiger partial charge in [-0.15, -0.1) is 3.89 Å². The molecular weight excluding hydrogens is 162 g/mol. The molecule has 10 heavy (non-hydrogen) atoms. The van der Waals surface area contributed by atoms with Crippen LogP contribution in [0.5, 0.6) is 0 Å². The van der Waals surface area contributed by atoms with Crippen LogP contribution in [0.25, 0.3) is 0 Å². The molecule has 5 heteroatoms. The predicted octanol–water partition coefficient (Wildman–Crippen LogP) is 1.43. The van der Waals surface area contributed by atoms with Crippen LogP contribution in [0.1, 0.15) is 19.3 Å². The van der Waals surface area contributed by atoms with E-state index in [1.54, 1.807) is 0 Å². The molecule has 0 aromatic rings. The van der Waals surface area contributed by atoms with Gasteiger partial charge >= 0.3 is 10.2 Å². The van der Waals surface area contributed by atoms with Gasteiger partial charge in [0.2, 0.25) is 0 Å². The van der Waals surface area contributed by atoms with Gasteiger partial charge in [0.15, 0.2) is 0 Å². The molecule has 0 unspecified atom stereocenters. The van der Waals surface area contributed by atoms with Crippen molar-refractivity contribution in [3.05, 3.63) is 0 Å². The first-order valence-electron chi connectivity index (χ1n) is 3.04. The fourth-order valence-corrected chi connectivity index (χ4v) is 1.09. The molecule has 0 radical (unpaired) electrons. The summed E-state index contributed by atoms with van der Waals surface area (Å²) in [7, 11) is -4.33. The van der Waals surface area contributed by atoms with E-state index in [0.717, 1.165) is 0 Å². The van der Waals surface area contributed by atoms with E-state index in [1.165, 1.54) is 0 Å². The molecule has 62 valence electrons. The lowest BCUT2D eigenvalue weighted by atomic mass is 10.3. The molecule has 2 nitrogen and oxygen atoms in total. The molecule has 0 saturated heterocycles. The third-order valence-electron chi connectivity index (χ3n) is 1.02. The van der Waals surface area contributed by atoms with E-state index in [-0.39, 0.29) is 6.42 Å². The number of alkyl halides is 1. The Balaban J connectivity index is 3.21. The lowest BCUT2D eigenvalue weighted by Crippen LogP contribution is -1.97. The Bertz CT molecular complexity index is 164. The number of hydrogen-bond acceptors (Lipinski definition) is 2. The summed E-state index contributed by atoms with van der Waals surface area (Å²) >= 11 is 0. The molecule has 0 aliphatic rings. The van der Waals surface area contributed by atoms with Crippen molar-refractivity contribution in [2.75, 3.05) is 12.4 Å². The van der Waals surface area contributed by atoms with Crippen LogP contribution in [0, 0.1) is 0 Å². The second kappa shape index (κ2) is 4.60. The zero-order valence-electron chi connectivity index (χ0n) is 5.52. The highest BCUT2D eigenvalue weighted by Gasteiger charge is 2.04. The van der Waals surface area contributed by atoms with Crippen molar-refractivity contribution < 1.29 is 16.7 Å². The van der Waals surface area contributed by atoms with E-state index in [0.29, 0.717) is 12.8 Å². The first-order valence-corrected chi connectivity index (χ1v) is 4.60. The molecular formula is C5H10F2O2S. The Morgan fingerprint density at radius 2 is 1.70 bits per heavy atom. The highest BCUT2D eigenvalue weighted by Crippen LogP contribution is 2.00. The standard InChI is InChI=1S/C5H10F2O2S/c6-4-2-1-3-5-10(7,8)9/h1-5H2. The van der Waals surface area contributed by atoms with Gasteiger partial charge in [-0.3, -0.25) is 4.39 Å². The zero-order valence-corrected chi connectivity index (χ0v) is 6.33. The summed E-state index contributed by atoms with van der Waals surface area (Å²) in [6.45, 7) is -0.466. The number of halogens is 2. The summed E-state index contributed by atoms with van der Waals surface area (Å²) in [6, 6.07) is 0. The zero-order chi connectivity index (χ0) is 8.04. The highest BCUT2D eigenvalue weighted by atomic mass is 32.3. The summed E-state index contributed by atoms with van der Waals surface area (Å²) in [5, 5.41) is 0. The van der Waals surface area contributed by atoms with Gasteiger partial charge < -0.3 is 0 Å². The molecule has 0 aliphatic carbocycles. The molecule has 0 fully saturated rings. The van der Waals surface area contributed by atoms with E-state index in [9.17, 15) is 16.7 Å². The SMILES string of the molecule is O=S(=O)(F)CCCCCF. The average molecular weight is 172 g/mol. The topological polar surface area (TPSA) is 34.1 Å². The average Bonchev–Trinajstić information content (AvgIpc) is 1.78. The summed E-state index contributed by atoms with van der Waals surface area (Å²) in [5.74, 6) is -0.479. The monoisotopic (exact) mass is 172 g/mol. The second-order valence-electron chi connectivity index (χ2n) is 1.99. The van der Waals surface area contributed by atoms with Crippen molar-refractivity contribution in [3.8, 4) is 0 Å². The first kappa shape index (κ1) is 9.81. The molecule has 0 spiro atoms. The van der Waals surface area contributed by atoms with Crippen molar-refractivity contribution in [2.45, 2.75) is 19.3 Å². The van der Waals surface area contributed by atoms with Crippen molar-refractivity contribution in [1.82, 2.24) is 0 Å². The van der Waals surface area contributed by atoms with Crippen molar-refractivity contribution >= 4 is 10.2 Å². The second-order valence-corrected chi connectivity index (χ2v) is 3.48. The molecule has 0 saturated carbocycles. The quantitative estimate of drug-likeness (QED) is 0.464. The van der Waals surface area contributed by atoms with Crippen LogP contribution in [0.3, 0.4) is 0 Å². The van der Waals surface area contributed by atoms with Gasteiger partial charge in [0.1, 0.15) is 0 Å². The van der Waals surface area contributed by atoms with E-state index < -0.39 is 22.7 Å². The summed E-state index contributed by atoms with van der Waals surface area (Å²) in [4.78, 5) is 0. The maximum Gasteiger partial charge on any atom is 0.302 e. The Morgan fingerprint density at radius 3 is 2.10 bits per heavy atom. The number of hydrogen-bond donors (Lipinski definition) is 0. The van der Waals surface area contributed by atoms with Crippen LogP contribution in [-0.4, -0.2) is 20.8 Å². The third-order valence-corrected chi connectivity index (χ3v) is 1.80.